The molecule has 4 heteroatoms. The van der Waals surface area contributed by atoms with Crippen molar-refractivity contribution < 1.29 is 10.2 Å². The number of anilines is 1. The molecule has 4 nitrogen and oxygen atoms in total. The lowest BCUT2D eigenvalue weighted by molar-refractivity contribution is 0.298. The molecule has 0 spiro atoms. The van der Waals surface area contributed by atoms with E-state index in [1.165, 1.54) is 5.01 Å². The summed E-state index contributed by atoms with van der Waals surface area (Å²) in [5.74, 6) is 5.78. The molecule has 1 aromatic rings. The van der Waals surface area contributed by atoms with E-state index in [0.29, 0.717) is 13.0 Å². The summed E-state index contributed by atoms with van der Waals surface area (Å²) in [6.07, 6.45) is 0.580. The summed E-state index contributed by atoms with van der Waals surface area (Å²) in [6, 6.07) is 5.88. The van der Waals surface area contributed by atoms with Gasteiger partial charge in [-0.2, -0.15) is 0 Å². The van der Waals surface area contributed by atoms with Crippen LogP contribution in [0.5, 0.6) is 0 Å². The van der Waals surface area contributed by atoms with Crippen LogP contribution in [0.1, 0.15) is 11.1 Å². The zero-order chi connectivity index (χ0) is 11.3. The Balaban J connectivity index is 2.93. The number of aliphatic hydroxyl groups is 2. The van der Waals surface area contributed by atoms with Crippen LogP contribution in [0.4, 0.5) is 5.69 Å². The van der Waals surface area contributed by atoms with Gasteiger partial charge in [-0.15, -0.1) is 0 Å². The minimum Gasteiger partial charge on any atom is -0.396 e. The second kappa shape index (κ2) is 5.70. The number of hydrogen-bond donors (Lipinski definition) is 3. The Morgan fingerprint density at radius 3 is 2.60 bits per heavy atom. The number of aliphatic hydroxyl groups excluding tert-OH is 2. The van der Waals surface area contributed by atoms with Crippen LogP contribution in [-0.4, -0.2) is 30.0 Å². The Bertz CT molecular complexity index is 315. The van der Waals surface area contributed by atoms with E-state index in [0.717, 1.165) is 16.8 Å². The van der Waals surface area contributed by atoms with Crippen LogP contribution in [0.2, 0.25) is 0 Å². The minimum atomic E-state index is 0.0168. The zero-order valence-electron chi connectivity index (χ0n) is 8.98. The summed E-state index contributed by atoms with van der Waals surface area (Å²) >= 11 is 0. The number of hydrogen-bond acceptors (Lipinski definition) is 4. The highest BCUT2D eigenvalue weighted by molar-refractivity contribution is 5.54. The van der Waals surface area contributed by atoms with E-state index in [1.807, 2.05) is 25.1 Å². The lowest BCUT2D eigenvalue weighted by Crippen LogP contribution is -2.34. The van der Waals surface area contributed by atoms with E-state index in [1.54, 1.807) is 0 Å². The third-order valence-electron chi connectivity index (χ3n) is 2.27. The summed E-state index contributed by atoms with van der Waals surface area (Å²) in [5.41, 5.74) is 3.01. The average molecular weight is 210 g/mol. The summed E-state index contributed by atoms with van der Waals surface area (Å²) < 4.78 is 0. The van der Waals surface area contributed by atoms with Gasteiger partial charge in [0.1, 0.15) is 0 Å². The van der Waals surface area contributed by atoms with E-state index < -0.39 is 0 Å². The molecule has 0 aliphatic heterocycles. The van der Waals surface area contributed by atoms with Gasteiger partial charge in [-0.3, -0.25) is 0 Å². The first-order valence-electron chi connectivity index (χ1n) is 5.02. The zero-order valence-corrected chi connectivity index (χ0v) is 8.98. The summed E-state index contributed by atoms with van der Waals surface area (Å²) in [4.78, 5) is 0. The molecular formula is C11H18N2O2. The van der Waals surface area contributed by atoms with Gasteiger partial charge >= 0.3 is 0 Å². The van der Waals surface area contributed by atoms with Crippen LogP contribution in [-0.2, 0) is 6.42 Å². The largest absolute Gasteiger partial charge is 0.396 e. The highest BCUT2D eigenvalue weighted by Crippen LogP contribution is 2.20. The van der Waals surface area contributed by atoms with Crippen LogP contribution < -0.4 is 10.9 Å². The van der Waals surface area contributed by atoms with Crippen molar-refractivity contribution in [3.05, 3.63) is 29.3 Å². The van der Waals surface area contributed by atoms with Crippen molar-refractivity contribution in [1.82, 2.24) is 0 Å². The Morgan fingerprint density at radius 2 is 2.00 bits per heavy atom. The number of rotatable bonds is 5. The predicted molar refractivity (Wildman–Crippen MR) is 60.6 cm³/mol. The quantitative estimate of drug-likeness (QED) is 0.480. The molecule has 0 radical (unpaired) electrons. The molecule has 0 fully saturated rings. The summed E-state index contributed by atoms with van der Waals surface area (Å²) in [6.45, 7) is 2.51. The maximum absolute atomic E-state index is 8.94. The first-order valence-corrected chi connectivity index (χ1v) is 5.02. The molecular weight excluding hydrogens is 192 g/mol. The molecule has 15 heavy (non-hydrogen) atoms. The fourth-order valence-corrected chi connectivity index (χ4v) is 1.54. The van der Waals surface area contributed by atoms with E-state index in [4.69, 9.17) is 16.1 Å². The van der Waals surface area contributed by atoms with Gasteiger partial charge in [0.25, 0.3) is 0 Å². The van der Waals surface area contributed by atoms with Crippen molar-refractivity contribution in [2.75, 3.05) is 24.8 Å². The minimum absolute atomic E-state index is 0.0168. The van der Waals surface area contributed by atoms with E-state index >= 15 is 0 Å². The van der Waals surface area contributed by atoms with Crippen LogP contribution in [0, 0.1) is 6.92 Å². The fourth-order valence-electron chi connectivity index (χ4n) is 1.54. The normalized spacial score (nSPS) is 10.4. The molecule has 0 atom stereocenters. The second-order valence-electron chi connectivity index (χ2n) is 3.52. The predicted octanol–water partition coefficient (Wildman–Crippen LogP) is 0.202. The van der Waals surface area contributed by atoms with E-state index in [9.17, 15) is 0 Å². The van der Waals surface area contributed by atoms with Crippen molar-refractivity contribution in [1.29, 1.82) is 0 Å². The maximum Gasteiger partial charge on any atom is 0.0622 e. The maximum atomic E-state index is 8.94. The van der Waals surface area contributed by atoms with Gasteiger partial charge in [0.05, 0.1) is 18.8 Å². The van der Waals surface area contributed by atoms with Gasteiger partial charge in [0.15, 0.2) is 0 Å². The lowest BCUT2D eigenvalue weighted by atomic mass is 10.1. The molecule has 0 saturated heterocycles. The van der Waals surface area contributed by atoms with Crippen LogP contribution in [0.25, 0.3) is 0 Å². The van der Waals surface area contributed by atoms with Crippen LogP contribution in [0.15, 0.2) is 18.2 Å². The van der Waals surface area contributed by atoms with Crippen LogP contribution >= 0.6 is 0 Å². The molecule has 0 unspecified atom stereocenters. The van der Waals surface area contributed by atoms with Crippen molar-refractivity contribution in [3.63, 3.8) is 0 Å². The molecule has 0 saturated carbocycles. The Labute approximate surface area is 89.9 Å². The second-order valence-corrected chi connectivity index (χ2v) is 3.52. The molecule has 0 heterocycles. The molecule has 1 aromatic carbocycles. The fraction of sp³-hybridized carbons (Fsp3) is 0.455. The molecule has 4 N–H and O–H groups in total. The van der Waals surface area contributed by atoms with Crippen LogP contribution in [0.3, 0.4) is 0 Å². The van der Waals surface area contributed by atoms with Gasteiger partial charge < -0.3 is 15.2 Å². The van der Waals surface area contributed by atoms with Gasteiger partial charge in [-0.25, -0.2) is 5.84 Å². The number of nitrogens with two attached hydrogens (primary N) is 1. The first kappa shape index (κ1) is 12.0. The average Bonchev–Trinajstić information content (AvgIpc) is 2.18. The highest BCUT2D eigenvalue weighted by Gasteiger charge is 2.07. The standard InChI is InChI=1S/C11H18N2O2/c1-9-2-3-11(13(12)5-7-15)10(8-9)4-6-14/h2-3,8,14-15H,4-7,12H2,1H3. The topological polar surface area (TPSA) is 69.7 Å². The van der Waals surface area contributed by atoms with Gasteiger partial charge in [-0.05, 0) is 25.0 Å². The third kappa shape index (κ3) is 3.20. The monoisotopic (exact) mass is 210 g/mol. The molecule has 0 aromatic heterocycles. The number of aryl methyl sites for hydroxylation is 1. The van der Waals surface area contributed by atoms with Gasteiger partial charge in [-0.1, -0.05) is 17.7 Å². The molecule has 84 valence electrons. The van der Waals surface area contributed by atoms with Gasteiger partial charge in [0, 0.05) is 6.61 Å². The molecule has 0 bridgehead atoms. The summed E-state index contributed by atoms with van der Waals surface area (Å²) in [5, 5.41) is 19.2. The molecule has 1 rings (SSSR count). The van der Waals surface area contributed by atoms with E-state index in [-0.39, 0.29) is 13.2 Å². The third-order valence-corrected chi connectivity index (χ3v) is 2.27. The number of nitrogens with zero attached hydrogens (tertiary/aromatic N) is 1. The number of hydrazine groups is 1. The van der Waals surface area contributed by atoms with Crippen molar-refractivity contribution in [2.45, 2.75) is 13.3 Å². The lowest BCUT2D eigenvalue weighted by Gasteiger charge is -2.21. The van der Waals surface area contributed by atoms with Crippen molar-refractivity contribution in [3.8, 4) is 0 Å². The Hall–Kier alpha value is -1.10. The smallest absolute Gasteiger partial charge is 0.0622 e. The Morgan fingerprint density at radius 1 is 1.27 bits per heavy atom. The van der Waals surface area contributed by atoms with E-state index in [2.05, 4.69) is 0 Å². The molecule has 0 aliphatic rings. The highest BCUT2D eigenvalue weighted by atomic mass is 16.3. The first-order chi connectivity index (χ1) is 7.19. The number of benzene rings is 1. The molecule has 0 amide bonds. The van der Waals surface area contributed by atoms with Crippen molar-refractivity contribution in [2.24, 2.45) is 5.84 Å². The van der Waals surface area contributed by atoms with Gasteiger partial charge in [0.2, 0.25) is 0 Å². The summed E-state index contributed by atoms with van der Waals surface area (Å²) in [7, 11) is 0. The van der Waals surface area contributed by atoms with Crippen molar-refractivity contribution >= 4 is 5.69 Å². The molecule has 0 aliphatic carbocycles. The SMILES string of the molecule is Cc1ccc(N(N)CCO)c(CCO)c1. The Kier molecular flexibility index (Phi) is 4.55.